The number of hydrogen-bond donors (Lipinski definition) is 0. The van der Waals surface area contributed by atoms with Crippen LogP contribution in [0.3, 0.4) is 0 Å². The molecule has 1 aliphatic carbocycles. The summed E-state index contributed by atoms with van der Waals surface area (Å²) in [5, 5.41) is 0. The third-order valence-corrected chi connectivity index (χ3v) is 5.62. The van der Waals surface area contributed by atoms with Gasteiger partial charge in [-0.05, 0) is 51.6 Å². The van der Waals surface area contributed by atoms with Crippen molar-refractivity contribution in [3.63, 3.8) is 0 Å². The topological polar surface area (TPSA) is 17.1 Å². The van der Waals surface area contributed by atoms with E-state index in [9.17, 15) is 9.18 Å². The minimum atomic E-state index is -0.474. The van der Waals surface area contributed by atoms with Crippen LogP contribution in [-0.2, 0) is 0 Å². The molecule has 1 atom stereocenters. The van der Waals surface area contributed by atoms with E-state index < -0.39 is 5.92 Å². The number of rotatable bonds is 3. The molecule has 1 nitrogen and oxygen atoms in total. The predicted octanol–water partition coefficient (Wildman–Crippen LogP) is 6.76. The highest BCUT2D eigenvalue weighted by Crippen LogP contribution is 2.48. The van der Waals surface area contributed by atoms with Crippen LogP contribution < -0.4 is 0 Å². The van der Waals surface area contributed by atoms with E-state index in [2.05, 4.69) is 0 Å². The molecule has 4 aromatic rings. The molecule has 0 N–H and O–H groups in total. The number of hydrogen-bond acceptors (Lipinski definition) is 1. The second-order valence-electron chi connectivity index (χ2n) is 7.42. The van der Waals surface area contributed by atoms with E-state index in [4.69, 9.17) is 0 Å². The molecule has 1 unspecified atom stereocenters. The van der Waals surface area contributed by atoms with Crippen molar-refractivity contribution in [2.75, 3.05) is 0 Å². The zero-order chi connectivity index (χ0) is 20.5. The molecule has 0 aromatic heterocycles. The smallest absolute Gasteiger partial charge is 0.175 e. The Morgan fingerprint density at radius 3 is 1.73 bits per heavy atom. The Balaban J connectivity index is 1.90. The van der Waals surface area contributed by atoms with E-state index in [0.29, 0.717) is 11.1 Å². The van der Waals surface area contributed by atoms with Crippen LogP contribution in [-0.4, -0.2) is 5.78 Å². The molecule has 0 fully saturated rings. The molecule has 30 heavy (non-hydrogen) atoms. The van der Waals surface area contributed by atoms with Crippen molar-refractivity contribution in [3.05, 3.63) is 143 Å². The van der Waals surface area contributed by atoms with Crippen LogP contribution in [0.1, 0.15) is 38.5 Å². The Morgan fingerprint density at radius 1 is 0.633 bits per heavy atom. The van der Waals surface area contributed by atoms with Crippen molar-refractivity contribution in [1.29, 1.82) is 0 Å². The maximum Gasteiger partial charge on any atom is 0.175 e. The van der Waals surface area contributed by atoms with Crippen LogP contribution >= 0.6 is 0 Å². The number of benzene rings is 4. The van der Waals surface area contributed by atoms with Gasteiger partial charge in [-0.15, -0.1) is 0 Å². The summed E-state index contributed by atoms with van der Waals surface area (Å²) >= 11 is 0. The third kappa shape index (κ3) is 3.07. The Morgan fingerprint density at radius 2 is 1.17 bits per heavy atom. The number of allylic oxidation sites excluding steroid dienone is 1. The lowest BCUT2D eigenvalue weighted by Gasteiger charge is -2.19. The fraction of sp³-hybridized carbons (Fsp3) is 0.0357. The molecule has 1 aliphatic rings. The van der Waals surface area contributed by atoms with E-state index in [1.165, 1.54) is 12.1 Å². The van der Waals surface area contributed by atoms with Gasteiger partial charge < -0.3 is 0 Å². The highest BCUT2D eigenvalue weighted by molar-refractivity contribution is 6.22. The minimum Gasteiger partial charge on any atom is -0.293 e. The van der Waals surface area contributed by atoms with Gasteiger partial charge in [0, 0.05) is 5.56 Å². The molecule has 2 heteroatoms. The first-order valence-corrected chi connectivity index (χ1v) is 9.98. The Bertz CT molecular complexity index is 1200. The number of carbonyl (C=O) groups is 1. The molecule has 0 radical (unpaired) electrons. The Kier molecular flexibility index (Phi) is 4.61. The van der Waals surface area contributed by atoms with Gasteiger partial charge in [0.15, 0.2) is 5.78 Å². The molecular weight excluding hydrogens is 371 g/mol. The van der Waals surface area contributed by atoms with Gasteiger partial charge in [-0.3, -0.25) is 4.79 Å². The van der Waals surface area contributed by atoms with E-state index in [1.807, 2.05) is 91.0 Å². The first kappa shape index (κ1) is 18.3. The molecule has 5 rings (SSSR count). The summed E-state index contributed by atoms with van der Waals surface area (Å²) < 4.78 is 14.3. The fourth-order valence-electron chi connectivity index (χ4n) is 4.33. The lowest BCUT2D eigenvalue weighted by atomic mass is 9.83. The molecule has 0 spiro atoms. The zero-order valence-electron chi connectivity index (χ0n) is 16.3. The highest BCUT2D eigenvalue weighted by Gasteiger charge is 2.38. The number of fused-ring (bicyclic) bond motifs is 1. The maximum atomic E-state index is 14.3. The second-order valence-corrected chi connectivity index (χ2v) is 7.42. The van der Waals surface area contributed by atoms with Crippen molar-refractivity contribution >= 4 is 16.9 Å². The second kappa shape index (κ2) is 7.57. The normalized spacial score (nSPS) is 15.2. The van der Waals surface area contributed by atoms with E-state index in [1.54, 1.807) is 6.07 Å². The number of halogens is 1. The number of carbonyl (C=O) groups excluding carboxylic acids is 1. The summed E-state index contributed by atoms with van der Waals surface area (Å²) in [4.78, 5) is 13.5. The fourth-order valence-corrected chi connectivity index (χ4v) is 4.33. The van der Waals surface area contributed by atoms with Gasteiger partial charge in [-0.2, -0.15) is 0 Å². The van der Waals surface area contributed by atoms with E-state index in [-0.39, 0.29) is 11.6 Å². The van der Waals surface area contributed by atoms with Crippen molar-refractivity contribution in [3.8, 4) is 0 Å². The van der Waals surface area contributed by atoms with Crippen LogP contribution in [0.25, 0.3) is 11.1 Å². The van der Waals surface area contributed by atoms with E-state index >= 15 is 0 Å². The standard InChI is InChI=1S/C28H19FO/c29-22-16-17-23-24(18-22)27(26(28(23)30)21-14-8-3-9-15-21)25(19-10-4-1-5-11-19)20-12-6-2-7-13-20/h1-18,26H. The summed E-state index contributed by atoms with van der Waals surface area (Å²) in [6.45, 7) is 0. The lowest BCUT2D eigenvalue weighted by Crippen LogP contribution is -2.08. The maximum absolute atomic E-state index is 14.3. The van der Waals surface area contributed by atoms with Gasteiger partial charge >= 0.3 is 0 Å². The quantitative estimate of drug-likeness (QED) is 0.377. The van der Waals surface area contributed by atoms with Gasteiger partial charge in [-0.25, -0.2) is 4.39 Å². The molecule has 0 amide bonds. The largest absolute Gasteiger partial charge is 0.293 e. The van der Waals surface area contributed by atoms with E-state index in [0.717, 1.165) is 27.8 Å². The van der Waals surface area contributed by atoms with Gasteiger partial charge in [0.25, 0.3) is 0 Å². The number of Topliss-reactive ketones (excluding diaryl/α,β-unsaturated/α-hetero) is 1. The summed E-state index contributed by atoms with van der Waals surface area (Å²) in [6.07, 6.45) is 0. The molecule has 144 valence electrons. The van der Waals surface area contributed by atoms with Crippen LogP contribution in [0, 0.1) is 5.82 Å². The lowest BCUT2D eigenvalue weighted by molar-refractivity contribution is 0.0986. The predicted molar refractivity (Wildman–Crippen MR) is 119 cm³/mol. The van der Waals surface area contributed by atoms with Gasteiger partial charge in [0.1, 0.15) is 5.82 Å². The van der Waals surface area contributed by atoms with Crippen LogP contribution in [0.5, 0.6) is 0 Å². The van der Waals surface area contributed by atoms with Gasteiger partial charge in [-0.1, -0.05) is 91.0 Å². The average Bonchev–Trinajstić information content (AvgIpc) is 3.07. The molecule has 4 aromatic carbocycles. The van der Waals surface area contributed by atoms with Gasteiger partial charge in [0.2, 0.25) is 0 Å². The molecule has 0 saturated carbocycles. The minimum absolute atomic E-state index is 0.00978. The van der Waals surface area contributed by atoms with Crippen LogP contribution in [0.15, 0.2) is 109 Å². The average molecular weight is 390 g/mol. The van der Waals surface area contributed by atoms with Crippen LogP contribution in [0.2, 0.25) is 0 Å². The SMILES string of the molecule is O=C1c2ccc(F)cc2C(=C(c2ccccc2)c2ccccc2)C1c1ccccc1. The third-order valence-electron chi connectivity index (χ3n) is 5.62. The van der Waals surface area contributed by atoms with Crippen molar-refractivity contribution in [2.45, 2.75) is 5.92 Å². The molecule has 0 heterocycles. The first-order valence-electron chi connectivity index (χ1n) is 9.98. The monoisotopic (exact) mass is 390 g/mol. The molecular formula is C28H19FO. The summed E-state index contributed by atoms with van der Waals surface area (Å²) in [5.41, 5.74) is 5.99. The summed E-state index contributed by atoms with van der Waals surface area (Å²) in [6, 6.07) is 34.3. The Labute approximate surface area is 175 Å². The zero-order valence-corrected chi connectivity index (χ0v) is 16.3. The summed E-state index contributed by atoms with van der Waals surface area (Å²) in [5.74, 6) is -0.804. The highest BCUT2D eigenvalue weighted by atomic mass is 19.1. The Hall–Kier alpha value is -3.78. The first-order chi connectivity index (χ1) is 14.7. The molecule has 0 bridgehead atoms. The molecule has 0 aliphatic heterocycles. The molecule has 0 saturated heterocycles. The van der Waals surface area contributed by atoms with Crippen molar-refractivity contribution in [1.82, 2.24) is 0 Å². The van der Waals surface area contributed by atoms with Gasteiger partial charge in [0.05, 0.1) is 5.92 Å². The van der Waals surface area contributed by atoms with Crippen LogP contribution in [0.4, 0.5) is 4.39 Å². The van der Waals surface area contributed by atoms with Crippen molar-refractivity contribution < 1.29 is 9.18 Å². The van der Waals surface area contributed by atoms with Crippen molar-refractivity contribution in [2.24, 2.45) is 0 Å². The summed E-state index contributed by atoms with van der Waals surface area (Å²) in [7, 11) is 0. The number of ketones is 1.